The molecule has 5 rings (SSSR count). The third-order valence-electron chi connectivity index (χ3n) is 9.72. The third kappa shape index (κ3) is 3.22. The number of alkyl halides is 3. The van der Waals surface area contributed by atoms with Crippen LogP contribution in [0, 0.1) is 34.5 Å². The van der Waals surface area contributed by atoms with Crippen molar-refractivity contribution in [2.24, 2.45) is 34.5 Å². The predicted molar refractivity (Wildman–Crippen MR) is 107 cm³/mol. The highest BCUT2D eigenvalue weighted by Crippen LogP contribution is 2.67. The van der Waals surface area contributed by atoms with Crippen molar-refractivity contribution in [1.82, 2.24) is 0 Å². The molecule has 4 saturated carbocycles. The molecule has 1 heterocycles. The van der Waals surface area contributed by atoms with E-state index in [0.717, 1.165) is 38.5 Å². The maximum atomic E-state index is 13.1. The van der Waals surface area contributed by atoms with Gasteiger partial charge in [0.1, 0.15) is 6.10 Å². The van der Waals surface area contributed by atoms with Gasteiger partial charge in [0, 0.05) is 18.3 Å². The van der Waals surface area contributed by atoms with Gasteiger partial charge >= 0.3 is 15.6 Å². The van der Waals surface area contributed by atoms with Crippen LogP contribution in [0.1, 0.15) is 65.2 Å². The summed E-state index contributed by atoms with van der Waals surface area (Å²) in [6.45, 7) is 5.36. The molecule has 182 valence electrons. The molecule has 10 heteroatoms. The first kappa shape index (κ1) is 23.1. The summed E-state index contributed by atoms with van der Waals surface area (Å²) in [5.74, 6) is -0.139. The first-order chi connectivity index (χ1) is 14.8. The largest absolute Gasteiger partial charge is 0.523 e. The Kier molecular flexibility index (Phi) is 5.15. The summed E-state index contributed by atoms with van der Waals surface area (Å²) < 4.78 is 78.2. The number of hydrogen-bond donors (Lipinski definition) is 0. The standard InChI is InChI=1S/C22H31F3O6S/c1-19-7-8-21(29-9-10-30-21)12-13(19)3-4-14-15(19)5-6-20(2)16(14)11-17(18(20)26)31-32(27,28)22(23,24)25/h13-17H,3-12H2,1-2H3/t13-,14+,15-,16-,17+,19-,20-/m0/s1. The van der Waals surface area contributed by atoms with Gasteiger partial charge in [0.25, 0.3) is 0 Å². The van der Waals surface area contributed by atoms with Gasteiger partial charge in [-0.3, -0.25) is 8.98 Å². The average Bonchev–Trinajstić information content (AvgIpc) is 3.25. The van der Waals surface area contributed by atoms with Gasteiger partial charge in [-0.05, 0) is 67.6 Å². The fraction of sp³-hybridized carbons (Fsp3) is 0.955. The molecule has 7 atom stereocenters. The Morgan fingerprint density at radius 3 is 2.34 bits per heavy atom. The van der Waals surface area contributed by atoms with Crippen LogP contribution in [0.3, 0.4) is 0 Å². The smallest absolute Gasteiger partial charge is 0.348 e. The fourth-order valence-electron chi connectivity index (χ4n) is 8.01. The molecule has 0 radical (unpaired) electrons. The zero-order valence-electron chi connectivity index (χ0n) is 18.4. The number of halogens is 3. The van der Waals surface area contributed by atoms with Crippen LogP contribution < -0.4 is 0 Å². The number of hydrogen-bond acceptors (Lipinski definition) is 6. The lowest BCUT2D eigenvalue weighted by atomic mass is 9.45. The number of rotatable bonds is 2. The molecule has 0 aromatic carbocycles. The number of ketones is 1. The summed E-state index contributed by atoms with van der Waals surface area (Å²) in [7, 11) is -5.81. The van der Waals surface area contributed by atoms with Crippen molar-refractivity contribution in [1.29, 1.82) is 0 Å². The molecule has 0 aromatic heterocycles. The maximum absolute atomic E-state index is 13.1. The monoisotopic (exact) mass is 480 g/mol. The van der Waals surface area contributed by atoms with E-state index in [-0.39, 0.29) is 23.7 Å². The van der Waals surface area contributed by atoms with Gasteiger partial charge < -0.3 is 9.47 Å². The van der Waals surface area contributed by atoms with Gasteiger partial charge in [-0.15, -0.1) is 0 Å². The molecular weight excluding hydrogens is 449 g/mol. The average molecular weight is 481 g/mol. The zero-order chi connectivity index (χ0) is 23.2. The van der Waals surface area contributed by atoms with Crippen LogP contribution in [0.5, 0.6) is 0 Å². The lowest BCUT2D eigenvalue weighted by Crippen LogP contribution is -2.56. The van der Waals surface area contributed by atoms with E-state index in [1.54, 1.807) is 6.92 Å². The Morgan fingerprint density at radius 1 is 1.00 bits per heavy atom. The van der Waals surface area contributed by atoms with Crippen molar-refractivity contribution in [2.75, 3.05) is 13.2 Å². The SMILES string of the molecule is C[C@]12CCC3(C[C@@H]1CC[C@@H]1[C@@H]2CC[C@]2(C)C(=O)[C@H](OS(=O)(=O)C(F)(F)F)C[C@@H]12)OCCO3. The van der Waals surface area contributed by atoms with Gasteiger partial charge in [0.15, 0.2) is 11.6 Å². The Balaban J connectivity index is 1.37. The molecule has 5 aliphatic rings. The molecule has 5 fully saturated rings. The summed E-state index contributed by atoms with van der Waals surface area (Å²) in [6, 6.07) is 0. The number of Topliss-reactive ketones (excluding diaryl/α,β-unsaturated/α-hetero) is 1. The lowest BCUT2D eigenvalue weighted by molar-refractivity contribution is -0.228. The topological polar surface area (TPSA) is 78.9 Å². The van der Waals surface area contributed by atoms with Crippen molar-refractivity contribution in [2.45, 2.75) is 82.6 Å². The van der Waals surface area contributed by atoms with Crippen LogP contribution in [0.15, 0.2) is 0 Å². The molecule has 4 aliphatic carbocycles. The second kappa shape index (κ2) is 7.15. The zero-order valence-corrected chi connectivity index (χ0v) is 19.3. The van der Waals surface area contributed by atoms with Gasteiger partial charge in [0.2, 0.25) is 0 Å². The first-order valence-corrected chi connectivity index (χ1v) is 13.0. The minimum Gasteiger partial charge on any atom is -0.348 e. The Hall–Kier alpha value is -0.710. The van der Waals surface area contributed by atoms with Gasteiger partial charge in [0.05, 0.1) is 13.2 Å². The van der Waals surface area contributed by atoms with Crippen molar-refractivity contribution < 1.29 is 40.0 Å². The summed E-state index contributed by atoms with van der Waals surface area (Å²) in [5, 5.41) is 0. The number of ether oxygens (including phenoxy) is 2. The number of carbonyl (C=O) groups excluding carboxylic acids is 1. The molecule has 1 aliphatic heterocycles. The van der Waals surface area contributed by atoms with E-state index in [2.05, 4.69) is 11.1 Å². The van der Waals surface area contributed by atoms with Crippen molar-refractivity contribution in [3.05, 3.63) is 0 Å². The fourth-order valence-corrected chi connectivity index (χ4v) is 8.59. The van der Waals surface area contributed by atoms with E-state index in [1.807, 2.05) is 0 Å². The molecule has 6 nitrogen and oxygen atoms in total. The van der Waals surface area contributed by atoms with E-state index >= 15 is 0 Å². The van der Waals surface area contributed by atoms with Crippen LogP contribution >= 0.6 is 0 Å². The molecule has 0 amide bonds. The van der Waals surface area contributed by atoms with E-state index in [4.69, 9.17) is 9.47 Å². The van der Waals surface area contributed by atoms with Gasteiger partial charge in [-0.1, -0.05) is 13.8 Å². The number of fused-ring (bicyclic) bond motifs is 5. The third-order valence-corrected chi connectivity index (χ3v) is 10.8. The highest BCUT2D eigenvalue weighted by molar-refractivity contribution is 7.87. The molecule has 0 aromatic rings. The van der Waals surface area contributed by atoms with Gasteiger partial charge in [-0.25, -0.2) is 0 Å². The maximum Gasteiger partial charge on any atom is 0.523 e. The van der Waals surface area contributed by atoms with E-state index < -0.39 is 38.7 Å². The molecular formula is C22H31F3O6S. The van der Waals surface area contributed by atoms with E-state index in [9.17, 15) is 26.4 Å². The molecule has 0 N–H and O–H groups in total. The minimum atomic E-state index is -5.81. The first-order valence-electron chi connectivity index (χ1n) is 11.6. The Labute approximate surface area is 186 Å². The van der Waals surface area contributed by atoms with Crippen LogP contribution in [-0.4, -0.2) is 44.8 Å². The summed E-state index contributed by atoms with van der Waals surface area (Å²) in [6.07, 6.45) is 4.38. The summed E-state index contributed by atoms with van der Waals surface area (Å²) in [4.78, 5) is 13.1. The summed E-state index contributed by atoms with van der Waals surface area (Å²) >= 11 is 0. The van der Waals surface area contributed by atoms with Crippen molar-refractivity contribution in [3.8, 4) is 0 Å². The highest BCUT2D eigenvalue weighted by Gasteiger charge is 2.65. The molecule has 0 bridgehead atoms. The van der Waals surface area contributed by atoms with Crippen LogP contribution in [0.25, 0.3) is 0 Å². The molecule has 0 unspecified atom stereocenters. The number of carbonyl (C=O) groups is 1. The highest BCUT2D eigenvalue weighted by atomic mass is 32.2. The second-order valence-electron chi connectivity index (χ2n) is 11.0. The van der Waals surface area contributed by atoms with Crippen molar-refractivity contribution in [3.63, 3.8) is 0 Å². The lowest BCUT2D eigenvalue weighted by Gasteiger charge is -2.61. The molecule has 1 spiro atoms. The Bertz CT molecular complexity index is 898. The van der Waals surface area contributed by atoms with Crippen molar-refractivity contribution >= 4 is 15.9 Å². The quantitative estimate of drug-likeness (QED) is 0.436. The van der Waals surface area contributed by atoms with E-state index in [1.165, 1.54) is 0 Å². The van der Waals surface area contributed by atoms with Crippen LogP contribution in [-0.2, 0) is 28.6 Å². The molecule has 1 saturated heterocycles. The predicted octanol–water partition coefficient (Wildman–Crippen LogP) is 4.19. The van der Waals surface area contributed by atoms with Crippen LogP contribution in [0.2, 0.25) is 0 Å². The molecule has 32 heavy (non-hydrogen) atoms. The van der Waals surface area contributed by atoms with Crippen LogP contribution in [0.4, 0.5) is 13.2 Å². The van der Waals surface area contributed by atoms with E-state index in [0.29, 0.717) is 31.5 Å². The second-order valence-corrected chi connectivity index (χ2v) is 12.6. The van der Waals surface area contributed by atoms with Gasteiger partial charge in [-0.2, -0.15) is 21.6 Å². The summed E-state index contributed by atoms with van der Waals surface area (Å²) in [5.41, 5.74) is -6.30. The Morgan fingerprint density at radius 2 is 1.69 bits per heavy atom. The normalized spacial score (nSPS) is 46.0. The minimum absolute atomic E-state index is 0.0444.